The van der Waals surface area contributed by atoms with Crippen molar-refractivity contribution in [1.82, 2.24) is 19.6 Å². The molecule has 0 amide bonds. The number of carbonyl (C=O) groups is 1. The number of nitrogen functional groups attached to an aromatic ring is 1. The maximum atomic E-state index is 13.9. The number of nitrogens with zero attached hydrogens (tertiary/aromatic N) is 3. The van der Waals surface area contributed by atoms with Gasteiger partial charge in [0.05, 0.1) is 29.7 Å². The average Bonchev–Trinajstić information content (AvgIpc) is 3.22. The maximum Gasteiger partial charge on any atom is 0.459 e. The molecule has 0 saturated carbocycles. The second kappa shape index (κ2) is 11.8. The van der Waals surface area contributed by atoms with Gasteiger partial charge in [0.1, 0.15) is 29.5 Å². The predicted molar refractivity (Wildman–Crippen MR) is 148 cm³/mol. The molecular weight excluding hydrogens is 529 g/mol. The first-order valence-corrected chi connectivity index (χ1v) is 14.1. The Morgan fingerprint density at radius 2 is 1.87 bits per heavy atom. The van der Waals surface area contributed by atoms with Gasteiger partial charge in [0.15, 0.2) is 5.82 Å². The molecule has 0 aliphatic rings. The summed E-state index contributed by atoms with van der Waals surface area (Å²) in [6.07, 6.45) is -0.647. The standard InChI is InChI=1S/C26H31ClN5O5P/c1-5-35-15-23-30-24-25(21-8-6-7-9-22(21)29-26(24)28)32(23)14-16(2)36-38(34,31-17(3)18(4)33)37-20-12-10-19(27)11-13-20/h6-13,16-17H,5,14-15H2,1-4H3,(H2,28,29)(H,31,34)/t16-,17-,38-/m0/s1. The Morgan fingerprint density at radius 3 is 2.55 bits per heavy atom. The number of para-hydroxylation sites is 1. The molecule has 3 atom stereocenters. The lowest BCUT2D eigenvalue weighted by Gasteiger charge is -2.26. The number of halogens is 1. The summed E-state index contributed by atoms with van der Waals surface area (Å²) < 4.78 is 33.3. The number of ether oxygens (including phenoxy) is 1. The number of benzene rings is 2. The lowest BCUT2D eigenvalue weighted by Crippen LogP contribution is -2.33. The number of rotatable bonds is 12. The van der Waals surface area contributed by atoms with E-state index in [0.29, 0.717) is 28.8 Å². The van der Waals surface area contributed by atoms with Crippen molar-refractivity contribution in [2.75, 3.05) is 12.3 Å². The zero-order chi connectivity index (χ0) is 27.4. The van der Waals surface area contributed by atoms with Gasteiger partial charge < -0.3 is 19.6 Å². The van der Waals surface area contributed by atoms with E-state index in [1.807, 2.05) is 35.8 Å². The number of ketones is 1. The van der Waals surface area contributed by atoms with Crippen molar-refractivity contribution >= 4 is 52.9 Å². The van der Waals surface area contributed by atoms with E-state index in [4.69, 9.17) is 36.1 Å². The summed E-state index contributed by atoms with van der Waals surface area (Å²) in [4.78, 5) is 21.2. The molecule has 0 unspecified atom stereocenters. The van der Waals surface area contributed by atoms with Crippen LogP contribution in [0.1, 0.15) is 33.5 Å². The van der Waals surface area contributed by atoms with Crippen LogP contribution in [0.4, 0.5) is 5.82 Å². The summed E-state index contributed by atoms with van der Waals surface area (Å²) in [5.41, 5.74) is 8.32. The monoisotopic (exact) mass is 559 g/mol. The van der Waals surface area contributed by atoms with Crippen molar-refractivity contribution in [2.24, 2.45) is 0 Å². The van der Waals surface area contributed by atoms with Crippen molar-refractivity contribution in [2.45, 2.75) is 53.0 Å². The third kappa shape index (κ3) is 6.34. The first-order valence-electron chi connectivity index (χ1n) is 12.2. The zero-order valence-electron chi connectivity index (χ0n) is 21.7. The van der Waals surface area contributed by atoms with Gasteiger partial charge in [-0.15, -0.1) is 0 Å². The number of nitrogens with one attached hydrogen (secondary N) is 1. The Hall–Kier alpha value is -3.01. The van der Waals surface area contributed by atoms with E-state index < -0.39 is 19.9 Å². The maximum absolute atomic E-state index is 13.9. The minimum atomic E-state index is -4.01. The predicted octanol–water partition coefficient (Wildman–Crippen LogP) is 5.52. The van der Waals surface area contributed by atoms with E-state index in [0.717, 1.165) is 16.4 Å². The van der Waals surface area contributed by atoms with Gasteiger partial charge >= 0.3 is 7.75 Å². The molecule has 2 aromatic carbocycles. The van der Waals surface area contributed by atoms with Crippen molar-refractivity contribution in [1.29, 1.82) is 0 Å². The largest absolute Gasteiger partial charge is 0.459 e. The summed E-state index contributed by atoms with van der Waals surface area (Å²) in [6, 6.07) is 13.2. The normalized spacial score (nSPS) is 14.9. The molecule has 2 aromatic heterocycles. The van der Waals surface area contributed by atoms with Gasteiger partial charge in [0.25, 0.3) is 0 Å². The third-order valence-electron chi connectivity index (χ3n) is 5.88. The van der Waals surface area contributed by atoms with Crippen molar-refractivity contribution < 1.29 is 23.1 Å². The third-order valence-corrected chi connectivity index (χ3v) is 7.93. The zero-order valence-corrected chi connectivity index (χ0v) is 23.3. The minimum absolute atomic E-state index is 0.213. The number of Topliss-reactive ketones (excluding diaryl/α,β-unsaturated/α-hetero) is 1. The Kier molecular flexibility index (Phi) is 8.70. The van der Waals surface area contributed by atoms with Crippen LogP contribution >= 0.6 is 19.3 Å². The number of hydrogen-bond acceptors (Lipinski definition) is 8. The molecule has 0 aliphatic carbocycles. The number of pyridine rings is 1. The molecule has 202 valence electrons. The lowest BCUT2D eigenvalue weighted by molar-refractivity contribution is -0.118. The molecule has 0 bridgehead atoms. The number of imidazole rings is 1. The van der Waals surface area contributed by atoms with Crippen LogP contribution in [-0.4, -0.2) is 39.1 Å². The molecule has 4 rings (SSSR count). The molecule has 2 heterocycles. The summed E-state index contributed by atoms with van der Waals surface area (Å²) in [7, 11) is -4.01. The van der Waals surface area contributed by atoms with Crippen LogP contribution in [0.2, 0.25) is 5.02 Å². The fourth-order valence-corrected chi connectivity index (χ4v) is 5.85. The van der Waals surface area contributed by atoms with Crippen LogP contribution in [0, 0.1) is 0 Å². The average molecular weight is 560 g/mol. The van der Waals surface area contributed by atoms with Gasteiger partial charge in [-0.3, -0.25) is 9.32 Å². The highest BCUT2D eigenvalue weighted by atomic mass is 35.5. The first-order chi connectivity index (χ1) is 18.1. The van der Waals surface area contributed by atoms with Gasteiger partial charge in [-0.1, -0.05) is 29.8 Å². The van der Waals surface area contributed by atoms with Crippen LogP contribution in [0.15, 0.2) is 48.5 Å². The molecule has 12 heteroatoms. The van der Waals surface area contributed by atoms with Crippen LogP contribution in [0.5, 0.6) is 5.75 Å². The van der Waals surface area contributed by atoms with Crippen molar-refractivity contribution in [3.05, 3.63) is 59.4 Å². The van der Waals surface area contributed by atoms with E-state index in [1.54, 1.807) is 38.1 Å². The van der Waals surface area contributed by atoms with Gasteiger partial charge in [0, 0.05) is 17.0 Å². The highest BCUT2D eigenvalue weighted by molar-refractivity contribution is 7.52. The number of fused-ring (bicyclic) bond motifs is 3. The number of hydrogen-bond donors (Lipinski definition) is 2. The van der Waals surface area contributed by atoms with E-state index >= 15 is 0 Å². The quantitative estimate of drug-likeness (QED) is 0.215. The van der Waals surface area contributed by atoms with Gasteiger partial charge in [-0.25, -0.2) is 19.6 Å². The summed E-state index contributed by atoms with van der Waals surface area (Å²) in [6.45, 7) is 7.65. The molecule has 0 radical (unpaired) electrons. The number of aromatic nitrogens is 3. The number of anilines is 1. The van der Waals surface area contributed by atoms with Gasteiger partial charge in [0.2, 0.25) is 0 Å². The van der Waals surface area contributed by atoms with E-state index in [9.17, 15) is 9.36 Å². The Morgan fingerprint density at radius 1 is 1.16 bits per heavy atom. The molecule has 0 spiro atoms. The van der Waals surface area contributed by atoms with Crippen LogP contribution < -0.4 is 15.3 Å². The van der Waals surface area contributed by atoms with Gasteiger partial charge in [-0.2, -0.15) is 0 Å². The van der Waals surface area contributed by atoms with E-state index in [2.05, 4.69) is 10.1 Å². The van der Waals surface area contributed by atoms with Crippen LogP contribution in [-0.2, 0) is 31.8 Å². The first kappa shape index (κ1) is 28.0. The summed E-state index contributed by atoms with van der Waals surface area (Å²) in [5, 5.41) is 4.11. The fraction of sp³-hybridized carbons (Fsp3) is 0.346. The van der Waals surface area contributed by atoms with Gasteiger partial charge in [-0.05, 0) is 58.0 Å². The SMILES string of the molecule is CCOCc1nc2c(N)nc3ccccc3c2n1C[C@H](C)O[P@@](=O)(N[C@@H](C)C(C)=O)Oc1ccc(Cl)cc1. The van der Waals surface area contributed by atoms with E-state index in [-0.39, 0.29) is 24.7 Å². The Balaban J connectivity index is 1.70. The molecule has 0 aliphatic heterocycles. The second-order valence-electron chi connectivity index (χ2n) is 8.91. The summed E-state index contributed by atoms with van der Waals surface area (Å²) >= 11 is 5.98. The number of carbonyl (C=O) groups excluding carboxylic acids is 1. The minimum Gasteiger partial charge on any atom is -0.413 e. The fourth-order valence-electron chi connectivity index (χ4n) is 3.97. The molecule has 0 saturated heterocycles. The van der Waals surface area contributed by atoms with Crippen molar-refractivity contribution in [3.8, 4) is 5.75 Å². The highest BCUT2D eigenvalue weighted by Crippen LogP contribution is 2.46. The summed E-state index contributed by atoms with van der Waals surface area (Å²) in [5.74, 6) is 0.997. The second-order valence-corrected chi connectivity index (χ2v) is 11.0. The smallest absolute Gasteiger partial charge is 0.413 e. The van der Waals surface area contributed by atoms with Crippen LogP contribution in [0.3, 0.4) is 0 Å². The molecule has 0 fully saturated rings. The van der Waals surface area contributed by atoms with Crippen LogP contribution in [0.25, 0.3) is 21.9 Å². The highest BCUT2D eigenvalue weighted by Gasteiger charge is 2.33. The Labute approximate surface area is 226 Å². The molecule has 3 N–H and O–H groups in total. The molecule has 4 aromatic rings. The molecule has 38 heavy (non-hydrogen) atoms. The van der Waals surface area contributed by atoms with E-state index in [1.165, 1.54) is 6.92 Å². The van der Waals surface area contributed by atoms with Crippen molar-refractivity contribution in [3.63, 3.8) is 0 Å². The number of nitrogens with two attached hydrogens (primary N) is 1. The topological polar surface area (TPSA) is 131 Å². The Bertz CT molecular complexity index is 1490. The lowest BCUT2D eigenvalue weighted by atomic mass is 10.2. The molecule has 10 nitrogen and oxygen atoms in total. The molecular formula is C26H31ClN5O5P.